The molecule has 164 valence electrons. The van der Waals surface area contributed by atoms with Gasteiger partial charge in [0.1, 0.15) is 12.0 Å². The molecule has 0 heterocycles. The summed E-state index contributed by atoms with van der Waals surface area (Å²) in [6, 6.07) is 10.4. The van der Waals surface area contributed by atoms with E-state index in [1.165, 1.54) is 30.5 Å². The lowest BCUT2D eigenvalue weighted by Crippen LogP contribution is -2.21. The Morgan fingerprint density at radius 3 is 2.30 bits per heavy atom. The van der Waals surface area contributed by atoms with Gasteiger partial charge in [0.2, 0.25) is 0 Å². The van der Waals surface area contributed by atoms with Crippen LogP contribution in [-0.2, 0) is 4.74 Å². The smallest absolute Gasteiger partial charge is 0.188 e. The number of anilines is 2. The number of hydrogen-bond acceptors (Lipinski definition) is 4. The van der Waals surface area contributed by atoms with Crippen LogP contribution in [0.25, 0.3) is 0 Å². The van der Waals surface area contributed by atoms with Crippen LogP contribution in [0, 0.1) is 13.8 Å². The zero-order valence-electron chi connectivity index (χ0n) is 19.5. The predicted octanol–water partition coefficient (Wildman–Crippen LogP) is 6.94. The molecule has 4 heteroatoms. The van der Waals surface area contributed by atoms with Gasteiger partial charge in [0.25, 0.3) is 0 Å². The van der Waals surface area contributed by atoms with Crippen LogP contribution >= 0.6 is 0 Å². The third kappa shape index (κ3) is 6.09. The monoisotopic (exact) mass is 411 g/mol. The first-order chi connectivity index (χ1) is 14.4. The molecular formula is C26H37NO3. The van der Waals surface area contributed by atoms with Crippen molar-refractivity contribution in [2.45, 2.75) is 66.2 Å². The standard InChI is InChI=1S/C26H37NO3/c1-7-8-9-10-13-27(26-20(4)14-22(17-28)15-21(26)5)23-11-12-25(30-18-29-6)24(16-23)19(2)3/h11-12,14-17,19H,7-10,13,18H2,1-6H3. The number of ether oxygens (including phenoxy) is 2. The van der Waals surface area contributed by atoms with Gasteiger partial charge in [-0.15, -0.1) is 0 Å². The lowest BCUT2D eigenvalue weighted by molar-refractivity contribution is 0.0503. The largest absolute Gasteiger partial charge is 0.467 e. The highest BCUT2D eigenvalue weighted by atomic mass is 16.7. The molecule has 0 aromatic heterocycles. The van der Waals surface area contributed by atoms with Gasteiger partial charge in [-0.1, -0.05) is 40.0 Å². The Balaban J connectivity index is 2.49. The molecule has 0 atom stereocenters. The van der Waals surface area contributed by atoms with Gasteiger partial charge < -0.3 is 14.4 Å². The molecule has 2 rings (SSSR count). The number of rotatable bonds is 12. The Morgan fingerprint density at radius 1 is 1.03 bits per heavy atom. The molecule has 0 amide bonds. The number of hydrogen-bond donors (Lipinski definition) is 0. The molecule has 0 aliphatic rings. The van der Waals surface area contributed by atoms with E-state index in [1.54, 1.807) is 7.11 Å². The van der Waals surface area contributed by atoms with E-state index in [4.69, 9.17) is 9.47 Å². The molecule has 2 aromatic carbocycles. The lowest BCUT2D eigenvalue weighted by atomic mass is 9.99. The summed E-state index contributed by atoms with van der Waals surface area (Å²) in [6.45, 7) is 12.0. The molecule has 4 nitrogen and oxygen atoms in total. The quantitative estimate of drug-likeness (QED) is 0.215. The summed E-state index contributed by atoms with van der Waals surface area (Å²) < 4.78 is 10.9. The van der Waals surface area contributed by atoms with Crippen LogP contribution in [0.4, 0.5) is 11.4 Å². The topological polar surface area (TPSA) is 38.8 Å². The van der Waals surface area contributed by atoms with E-state index in [0.29, 0.717) is 5.92 Å². The molecule has 0 radical (unpaired) electrons. The second-order valence-corrected chi connectivity index (χ2v) is 8.26. The molecule has 0 aliphatic carbocycles. The van der Waals surface area contributed by atoms with Gasteiger partial charge in [0, 0.05) is 30.6 Å². The highest BCUT2D eigenvalue weighted by Crippen LogP contribution is 2.37. The first-order valence-electron chi connectivity index (χ1n) is 11.0. The zero-order chi connectivity index (χ0) is 22.1. The Morgan fingerprint density at radius 2 is 1.73 bits per heavy atom. The fourth-order valence-electron chi connectivity index (χ4n) is 3.96. The number of unbranched alkanes of at least 4 members (excludes halogenated alkanes) is 3. The number of aldehydes is 1. The molecule has 0 N–H and O–H groups in total. The number of carbonyl (C=O) groups excluding carboxylic acids is 1. The van der Waals surface area contributed by atoms with Gasteiger partial charge >= 0.3 is 0 Å². The maximum atomic E-state index is 11.3. The van der Waals surface area contributed by atoms with E-state index < -0.39 is 0 Å². The maximum Gasteiger partial charge on any atom is 0.188 e. The first kappa shape index (κ1) is 23.9. The van der Waals surface area contributed by atoms with Gasteiger partial charge in [0.15, 0.2) is 6.79 Å². The van der Waals surface area contributed by atoms with Crippen molar-refractivity contribution < 1.29 is 14.3 Å². The molecule has 0 saturated carbocycles. The van der Waals surface area contributed by atoms with E-state index in [0.717, 1.165) is 47.4 Å². The number of aryl methyl sites for hydroxylation is 2. The summed E-state index contributed by atoms with van der Waals surface area (Å²) in [5, 5.41) is 0. The van der Waals surface area contributed by atoms with Crippen LogP contribution < -0.4 is 9.64 Å². The molecule has 0 saturated heterocycles. The second kappa shape index (κ2) is 11.8. The van der Waals surface area contributed by atoms with Crippen molar-refractivity contribution in [3.8, 4) is 5.75 Å². The third-order valence-corrected chi connectivity index (χ3v) is 5.41. The molecular weight excluding hydrogens is 374 g/mol. The minimum absolute atomic E-state index is 0.241. The van der Waals surface area contributed by atoms with Gasteiger partial charge in [0.05, 0.1) is 0 Å². The van der Waals surface area contributed by atoms with E-state index in [1.807, 2.05) is 18.2 Å². The SMILES string of the molecule is CCCCCCN(c1ccc(OCOC)c(C(C)C)c1)c1c(C)cc(C=O)cc1C. The summed E-state index contributed by atoms with van der Waals surface area (Å²) in [7, 11) is 1.63. The van der Waals surface area contributed by atoms with Crippen molar-refractivity contribution in [1.29, 1.82) is 0 Å². The van der Waals surface area contributed by atoms with Crippen LogP contribution in [0.1, 0.15) is 79.4 Å². The Hall–Kier alpha value is -2.33. The van der Waals surface area contributed by atoms with E-state index >= 15 is 0 Å². The molecule has 0 spiro atoms. The average Bonchev–Trinajstić information content (AvgIpc) is 2.73. The molecule has 0 aliphatic heterocycles. The van der Waals surface area contributed by atoms with Crippen molar-refractivity contribution in [2.75, 3.05) is 25.3 Å². The first-order valence-corrected chi connectivity index (χ1v) is 11.0. The van der Waals surface area contributed by atoms with Crippen LogP contribution in [0.5, 0.6) is 5.75 Å². The second-order valence-electron chi connectivity index (χ2n) is 8.26. The summed E-state index contributed by atoms with van der Waals surface area (Å²) in [5.74, 6) is 1.20. The highest BCUT2D eigenvalue weighted by Gasteiger charge is 2.18. The molecule has 30 heavy (non-hydrogen) atoms. The van der Waals surface area contributed by atoms with Crippen LogP contribution in [0.2, 0.25) is 0 Å². The van der Waals surface area contributed by atoms with E-state index in [-0.39, 0.29) is 6.79 Å². The van der Waals surface area contributed by atoms with Crippen molar-refractivity contribution in [2.24, 2.45) is 0 Å². The predicted molar refractivity (Wildman–Crippen MR) is 125 cm³/mol. The Kier molecular flexibility index (Phi) is 9.38. The summed E-state index contributed by atoms with van der Waals surface area (Å²) in [4.78, 5) is 13.7. The van der Waals surface area contributed by atoms with Crippen LogP contribution in [0.15, 0.2) is 30.3 Å². The van der Waals surface area contributed by atoms with Gasteiger partial charge in [-0.2, -0.15) is 0 Å². The van der Waals surface area contributed by atoms with E-state index in [9.17, 15) is 4.79 Å². The van der Waals surface area contributed by atoms with Gasteiger partial charge in [-0.3, -0.25) is 4.79 Å². The van der Waals surface area contributed by atoms with Crippen molar-refractivity contribution in [1.82, 2.24) is 0 Å². The summed E-state index contributed by atoms with van der Waals surface area (Å²) >= 11 is 0. The highest BCUT2D eigenvalue weighted by molar-refractivity contribution is 5.80. The summed E-state index contributed by atoms with van der Waals surface area (Å²) in [5.41, 5.74) is 6.49. The fourth-order valence-corrected chi connectivity index (χ4v) is 3.96. The number of methoxy groups -OCH3 is 1. The van der Waals surface area contributed by atoms with Crippen molar-refractivity contribution in [3.05, 3.63) is 52.6 Å². The maximum absolute atomic E-state index is 11.3. The van der Waals surface area contributed by atoms with Crippen molar-refractivity contribution >= 4 is 17.7 Å². The molecule has 0 bridgehead atoms. The van der Waals surface area contributed by atoms with Crippen LogP contribution in [0.3, 0.4) is 0 Å². The Labute approximate surface area is 182 Å². The molecule has 2 aromatic rings. The van der Waals surface area contributed by atoms with E-state index in [2.05, 4.69) is 51.7 Å². The molecule has 0 fully saturated rings. The fraction of sp³-hybridized carbons (Fsp3) is 0.500. The van der Waals surface area contributed by atoms with Crippen LogP contribution in [-0.4, -0.2) is 26.7 Å². The lowest BCUT2D eigenvalue weighted by Gasteiger charge is -2.30. The Bertz CT molecular complexity index is 806. The number of carbonyl (C=O) groups is 1. The summed E-state index contributed by atoms with van der Waals surface area (Å²) in [6.07, 6.45) is 5.73. The molecule has 0 unspecified atom stereocenters. The van der Waals surface area contributed by atoms with Crippen molar-refractivity contribution in [3.63, 3.8) is 0 Å². The third-order valence-electron chi connectivity index (χ3n) is 5.41. The minimum atomic E-state index is 0.241. The number of benzene rings is 2. The zero-order valence-corrected chi connectivity index (χ0v) is 19.5. The minimum Gasteiger partial charge on any atom is -0.467 e. The number of nitrogens with zero attached hydrogens (tertiary/aromatic N) is 1. The van der Waals surface area contributed by atoms with Gasteiger partial charge in [-0.05, 0) is 73.2 Å². The van der Waals surface area contributed by atoms with Gasteiger partial charge in [-0.25, -0.2) is 0 Å². The average molecular weight is 412 g/mol. The normalized spacial score (nSPS) is 11.0.